The Labute approximate surface area is 219 Å². The molecule has 4 amide bonds. The van der Waals surface area contributed by atoms with E-state index in [1.165, 1.54) is 46.2 Å². The van der Waals surface area contributed by atoms with Gasteiger partial charge in [0.05, 0.1) is 34.5 Å². The second kappa shape index (κ2) is 9.25. The first kappa shape index (κ1) is 24.6. The molecule has 2 aliphatic carbocycles. The van der Waals surface area contributed by atoms with Crippen LogP contribution in [0.4, 0.5) is 0 Å². The van der Waals surface area contributed by atoms with Gasteiger partial charge in [0.2, 0.25) is 0 Å². The van der Waals surface area contributed by atoms with Crippen LogP contribution in [0.1, 0.15) is 109 Å². The molecule has 2 aliphatic heterocycles. The number of amides is 4. The van der Waals surface area contributed by atoms with Crippen molar-refractivity contribution >= 4 is 29.4 Å². The Morgan fingerprint density at radius 2 is 0.895 bits per heavy atom. The van der Waals surface area contributed by atoms with Gasteiger partial charge in [-0.05, 0) is 75.6 Å². The van der Waals surface area contributed by atoms with Crippen molar-refractivity contribution in [2.24, 2.45) is 0 Å². The van der Waals surface area contributed by atoms with Crippen LogP contribution >= 0.6 is 0 Å². The summed E-state index contributed by atoms with van der Waals surface area (Å²) in [5.41, 5.74) is 1.26. The van der Waals surface area contributed by atoms with Crippen LogP contribution in [0.15, 0.2) is 36.4 Å². The molecular formula is C29H28N2O7. The Kier molecular flexibility index (Phi) is 6.00. The Hall–Kier alpha value is -3.69. The number of aliphatic hydroxyl groups excluding tert-OH is 2. The topological polar surface area (TPSA) is 132 Å². The smallest absolute Gasteiger partial charge is 0.261 e. The lowest BCUT2D eigenvalue weighted by Crippen LogP contribution is -2.42. The van der Waals surface area contributed by atoms with E-state index < -0.39 is 29.8 Å². The lowest BCUT2D eigenvalue weighted by molar-refractivity contribution is 0.0440. The first-order valence-corrected chi connectivity index (χ1v) is 13.2. The SMILES string of the molecule is O=C(c1ccc2c(c1)C(=O)N(C1CCC(O)CC1)C2=O)c1ccc2c(c1)C(=O)N(C1CCC(O)CC1)C2=O. The molecule has 4 aliphatic rings. The van der Waals surface area contributed by atoms with Gasteiger partial charge in [-0.2, -0.15) is 0 Å². The second-order valence-electron chi connectivity index (χ2n) is 10.7. The Morgan fingerprint density at radius 1 is 0.553 bits per heavy atom. The zero-order valence-electron chi connectivity index (χ0n) is 20.8. The Morgan fingerprint density at radius 3 is 1.26 bits per heavy atom. The van der Waals surface area contributed by atoms with E-state index in [1.807, 2.05) is 0 Å². The van der Waals surface area contributed by atoms with Crippen LogP contribution in [-0.4, -0.2) is 73.7 Å². The lowest BCUT2D eigenvalue weighted by Gasteiger charge is -2.31. The largest absolute Gasteiger partial charge is 0.393 e. The number of hydrogen-bond acceptors (Lipinski definition) is 7. The van der Waals surface area contributed by atoms with Gasteiger partial charge in [0.15, 0.2) is 5.78 Å². The molecule has 2 N–H and O–H groups in total. The van der Waals surface area contributed by atoms with Gasteiger partial charge in [-0.15, -0.1) is 0 Å². The number of benzene rings is 2. The highest BCUT2D eigenvalue weighted by Crippen LogP contribution is 2.34. The molecule has 0 saturated heterocycles. The highest BCUT2D eigenvalue weighted by atomic mass is 16.3. The molecule has 2 saturated carbocycles. The fourth-order valence-corrected chi connectivity index (χ4v) is 6.26. The van der Waals surface area contributed by atoms with Crippen LogP contribution in [0.2, 0.25) is 0 Å². The van der Waals surface area contributed by atoms with Crippen LogP contribution in [0.3, 0.4) is 0 Å². The van der Waals surface area contributed by atoms with E-state index in [0.29, 0.717) is 51.4 Å². The van der Waals surface area contributed by atoms with Crippen molar-refractivity contribution in [3.8, 4) is 0 Å². The molecule has 0 unspecified atom stereocenters. The van der Waals surface area contributed by atoms with Gasteiger partial charge in [0.25, 0.3) is 23.6 Å². The summed E-state index contributed by atoms with van der Waals surface area (Å²) in [5, 5.41) is 19.6. The molecule has 2 fully saturated rings. The minimum atomic E-state index is -0.441. The highest BCUT2D eigenvalue weighted by Gasteiger charge is 2.43. The van der Waals surface area contributed by atoms with Crippen LogP contribution < -0.4 is 0 Å². The normalized spacial score (nSPS) is 27.1. The number of carbonyl (C=O) groups is 5. The monoisotopic (exact) mass is 516 g/mol. The van der Waals surface area contributed by atoms with Gasteiger partial charge >= 0.3 is 0 Å². The molecule has 38 heavy (non-hydrogen) atoms. The van der Waals surface area contributed by atoms with Crippen molar-refractivity contribution in [3.63, 3.8) is 0 Å². The van der Waals surface area contributed by atoms with E-state index in [0.717, 1.165) is 0 Å². The van der Waals surface area contributed by atoms with Gasteiger partial charge in [0.1, 0.15) is 0 Å². The standard InChI is InChI=1S/C29H28N2O7/c32-19-7-3-17(4-8-19)30-26(35)21-11-1-15(13-23(21)28(30)37)25(34)16-2-12-22-24(14-16)29(38)31(27(22)36)18-5-9-20(33)10-6-18/h1-2,11-14,17-20,32-33H,3-10H2. The number of nitrogens with zero attached hydrogens (tertiary/aromatic N) is 2. The van der Waals surface area contributed by atoms with E-state index in [9.17, 15) is 34.2 Å². The minimum absolute atomic E-state index is 0.171. The van der Waals surface area contributed by atoms with E-state index in [-0.39, 0.29) is 57.3 Å². The van der Waals surface area contributed by atoms with Gasteiger partial charge in [-0.3, -0.25) is 33.8 Å². The number of imide groups is 2. The molecule has 6 rings (SSSR count). The fraction of sp³-hybridized carbons (Fsp3) is 0.414. The number of fused-ring (bicyclic) bond motifs is 2. The van der Waals surface area contributed by atoms with Gasteiger partial charge in [0, 0.05) is 23.2 Å². The number of rotatable bonds is 4. The third-order valence-corrected chi connectivity index (χ3v) is 8.42. The van der Waals surface area contributed by atoms with E-state index in [4.69, 9.17) is 0 Å². The van der Waals surface area contributed by atoms with E-state index >= 15 is 0 Å². The van der Waals surface area contributed by atoms with Crippen LogP contribution in [-0.2, 0) is 0 Å². The minimum Gasteiger partial charge on any atom is -0.393 e. The predicted molar refractivity (Wildman–Crippen MR) is 134 cm³/mol. The van der Waals surface area contributed by atoms with Crippen molar-refractivity contribution in [1.82, 2.24) is 9.80 Å². The Bertz CT molecular complexity index is 1280. The summed E-state index contributed by atoms with van der Waals surface area (Å²) < 4.78 is 0. The molecule has 0 bridgehead atoms. The molecule has 9 heteroatoms. The van der Waals surface area contributed by atoms with Crippen molar-refractivity contribution in [1.29, 1.82) is 0 Å². The molecule has 2 aromatic carbocycles. The Balaban J connectivity index is 1.24. The summed E-state index contributed by atoms with van der Waals surface area (Å²) in [4.78, 5) is 68.2. The molecule has 0 radical (unpaired) electrons. The summed E-state index contributed by atoms with van der Waals surface area (Å²) >= 11 is 0. The van der Waals surface area contributed by atoms with Crippen LogP contribution in [0, 0.1) is 0 Å². The maximum atomic E-state index is 13.4. The molecule has 0 atom stereocenters. The molecule has 2 heterocycles. The van der Waals surface area contributed by atoms with Crippen molar-refractivity contribution < 1.29 is 34.2 Å². The average Bonchev–Trinajstić information content (AvgIpc) is 3.33. The maximum Gasteiger partial charge on any atom is 0.261 e. The van der Waals surface area contributed by atoms with Gasteiger partial charge in [-0.25, -0.2) is 0 Å². The number of aliphatic hydroxyl groups is 2. The summed E-state index contributed by atoms with van der Waals surface area (Å²) in [6.45, 7) is 0. The highest BCUT2D eigenvalue weighted by molar-refractivity contribution is 6.24. The predicted octanol–water partition coefficient (Wildman–Crippen LogP) is 2.72. The maximum absolute atomic E-state index is 13.4. The van der Waals surface area contributed by atoms with Crippen molar-refractivity contribution in [2.75, 3.05) is 0 Å². The van der Waals surface area contributed by atoms with Crippen molar-refractivity contribution in [2.45, 2.75) is 75.7 Å². The summed E-state index contributed by atoms with van der Waals surface area (Å²) in [6.07, 6.45) is 3.45. The quantitative estimate of drug-likeness (QED) is 0.472. The fourth-order valence-electron chi connectivity index (χ4n) is 6.26. The zero-order chi connectivity index (χ0) is 26.7. The van der Waals surface area contributed by atoms with Crippen LogP contribution in [0.25, 0.3) is 0 Å². The second-order valence-corrected chi connectivity index (χ2v) is 10.7. The van der Waals surface area contributed by atoms with E-state index in [2.05, 4.69) is 0 Å². The summed E-state index contributed by atoms with van der Waals surface area (Å²) in [5.74, 6) is -2.08. The molecule has 0 spiro atoms. The number of hydrogen-bond donors (Lipinski definition) is 2. The van der Waals surface area contributed by atoms with Crippen molar-refractivity contribution in [3.05, 3.63) is 69.8 Å². The number of ketones is 1. The molecular weight excluding hydrogens is 488 g/mol. The molecule has 2 aromatic rings. The lowest BCUT2D eigenvalue weighted by atomic mass is 9.92. The number of carbonyl (C=O) groups excluding carboxylic acids is 5. The van der Waals surface area contributed by atoms with Gasteiger partial charge < -0.3 is 10.2 Å². The van der Waals surface area contributed by atoms with E-state index in [1.54, 1.807) is 0 Å². The first-order chi connectivity index (χ1) is 18.2. The molecule has 9 nitrogen and oxygen atoms in total. The summed E-state index contributed by atoms with van der Waals surface area (Å²) in [7, 11) is 0. The van der Waals surface area contributed by atoms with Gasteiger partial charge in [-0.1, -0.05) is 12.1 Å². The third kappa shape index (κ3) is 3.88. The average molecular weight is 517 g/mol. The van der Waals surface area contributed by atoms with Crippen LogP contribution in [0.5, 0.6) is 0 Å². The first-order valence-electron chi connectivity index (χ1n) is 13.2. The molecule has 0 aromatic heterocycles. The third-order valence-electron chi connectivity index (χ3n) is 8.42. The summed E-state index contributed by atoms with van der Waals surface area (Å²) in [6, 6.07) is 8.27. The zero-order valence-corrected chi connectivity index (χ0v) is 20.8. The molecule has 196 valence electrons.